The van der Waals surface area contributed by atoms with Crippen molar-refractivity contribution in [3.05, 3.63) is 11.6 Å². The minimum absolute atomic E-state index is 0.0786. The molecular weight excluding hydrogens is 310 g/mol. The highest BCUT2D eigenvalue weighted by molar-refractivity contribution is 5.79. The summed E-state index contributed by atoms with van der Waals surface area (Å²) < 4.78 is 7.41. The predicted molar refractivity (Wildman–Crippen MR) is 83.6 cm³/mol. The van der Waals surface area contributed by atoms with E-state index < -0.39 is 0 Å². The first-order valence-electron chi connectivity index (χ1n) is 8.77. The number of hydrogen-bond acceptors (Lipinski definition) is 5. The number of rotatable bonds is 3. The fourth-order valence-corrected chi connectivity index (χ4v) is 3.77. The second kappa shape index (κ2) is 6.51. The van der Waals surface area contributed by atoms with Gasteiger partial charge in [0.05, 0.1) is 13.1 Å². The molecule has 0 aliphatic carbocycles. The van der Waals surface area contributed by atoms with E-state index in [0.29, 0.717) is 45.8 Å². The highest BCUT2D eigenvalue weighted by Crippen LogP contribution is 2.22. The van der Waals surface area contributed by atoms with Crippen molar-refractivity contribution in [3.8, 4) is 0 Å². The van der Waals surface area contributed by atoms with Crippen LogP contribution in [0.5, 0.6) is 0 Å². The summed E-state index contributed by atoms with van der Waals surface area (Å²) in [5.74, 6) is 2.14. The van der Waals surface area contributed by atoms with Crippen LogP contribution in [0, 0.1) is 5.92 Å². The Bertz CT molecular complexity index is 638. The monoisotopic (exact) mass is 333 g/mol. The summed E-state index contributed by atoms with van der Waals surface area (Å²) in [7, 11) is 0. The first kappa shape index (κ1) is 15.6. The minimum atomic E-state index is 0.0786. The second-order valence-electron chi connectivity index (χ2n) is 6.75. The van der Waals surface area contributed by atoms with Gasteiger partial charge >= 0.3 is 0 Å². The Balaban J connectivity index is 1.42. The number of carbonyl (C=O) groups is 2. The third-order valence-electron chi connectivity index (χ3n) is 5.22. The first-order valence-corrected chi connectivity index (χ1v) is 8.77. The van der Waals surface area contributed by atoms with Crippen LogP contribution in [0.25, 0.3) is 0 Å². The molecule has 0 aromatic carbocycles. The Morgan fingerprint density at radius 3 is 2.75 bits per heavy atom. The first-order chi connectivity index (χ1) is 11.7. The van der Waals surface area contributed by atoms with E-state index in [2.05, 4.69) is 14.8 Å². The van der Waals surface area contributed by atoms with Gasteiger partial charge in [0.25, 0.3) is 0 Å². The topological polar surface area (TPSA) is 80.6 Å². The van der Waals surface area contributed by atoms with Crippen molar-refractivity contribution in [1.29, 1.82) is 0 Å². The molecule has 1 aromatic heterocycles. The Kier molecular flexibility index (Phi) is 4.22. The highest BCUT2D eigenvalue weighted by atomic mass is 16.5. The summed E-state index contributed by atoms with van der Waals surface area (Å²) in [6.07, 6.45) is 3.18. The molecule has 8 nitrogen and oxygen atoms in total. The smallest absolute Gasteiger partial charge is 0.226 e. The van der Waals surface area contributed by atoms with Gasteiger partial charge in [-0.2, -0.15) is 0 Å². The number of aromatic nitrogens is 3. The van der Waals surface area contributed by atoms with Gasteiger partial charge in [-0.15, -0.1) is 10.2 Å². The number of likely N-dealkylation sites (tertiary alicyclic amines) is 1. The molecule has 4 heterocycles. The van der Waals surface area contributed by atoms with Crippen LogP contribution < -0.4 is 0 Å². The zero-order valence-corrected chi connectivity index (χ0v) is 13.8. The summed E-state index contributed by atoms with van der Waals surface area (Å²) in [5.41, 5.74) is 0. The van der Waals surface area contributed by atoms with Crippen LogP contribution in [-0.4, -0.2) is 62.7 Å². The Morgan fingerprint density at radius 1 is 1.17 bits per heavy atom. The van der Waals surface area contributed by atoms with Crippen LogP contribution >= 0.6 is 0 Å². The summed E-state index contributed by atoms with van der Waals surface area (Å²) in [5, 5.41) is 8.52. The van der Waals surface area contributed by atoms with Gasteiger partial charge in [-0.25, -0.2) is 0 Å². The van der Waals surface area contributed by atoms with Crippen LogP contribution in [0.2, 0.25) is 0 Å². The lowest BCUT2D eigenvalue weighted by Crippen LogP contribution is -2.43. The van der Waals surface area contributed by atoms with E-state index in [-0.39, 0.29) is 17.7 Å². The third-order valence-corrected chi connectivity index (χ3v) is 5.22. The molecule has 130 valence electrons. The van der Waals surface area contributed by atoms with E-state index in [1.54, 1.807) is 0 Å². The molecule has 0 saturated carbocycles. The van der Waals surface area contributed by atoms with E-state index in [0.717, 1.165) is 37.5 Å². The fourth-order valence-electron chi connectivity index (χ4n) is 3.77. The van der Waals surface area contributed by atoms with Crippen molar-refractivity contribution in [3.63, 3.8) is 0 Å². The van der Waals surface area contributed by atoms with Crippen molar-refractivity contribution in [1.82, 2.24) is 24.6 Å². The van der Waals surface area contributed by atoms with Crippen LogP contribution in [0.3, 0.4) is 0 Å². The van der Waals surface area contributed by atoms with Crippen molar-refractivity contribution in [2.75, 3.05) is 26.3 Å². The van der Waals surface area contributed by atoms with Crippen LogP contribution in [0.4, 0.5) is 0 Å². The second-order valence-corrected chi connectivity index (χ2v) is 6.75. The number of fused-ring (bicyclic) bond motifs is 1. The summed E-state index contributed by atoms with van der Waals surface area (Å²) in [4.78, 5) is 28.2. The van der Waals surface area contributed by atoms with Crippen molar-refractivity contribution < 1.29 is 14.3 Å². The molecule has 8 heteroatoms. The van der Waals surface area contributed by atoms with Crippen LogP contribution in [0.1, 0.15) is 37.3 Å². The van der Waals surface area contributed by atoms with E-state index in [1.165, 1.54) is 0 Å². The number of carbonyl (C=O) groups excluding carboxylic acids is 2. The summed E-state index contributed by atoms with van der Waals surface area (Å²) in [6.45, 7) is 4.58. The standard InChI is InChI=1S/C16H23N5O3/c22-15-2-1-5-19(15)10-13-17-18-14-11-20(6-7-21(13)14)16(23)12-3-8-24-9-4-12/h12H,1-11H2. The lowest BCUT2D eigenvalue weighted by atomic mass is 9.98. The van der Waals surface area contributed by atoms with E-state index in [1.807, 2.05) is 9.80 Å². The predicted octanol–water partition coefficient (Wildman–Crippen LogP) is 0.169. The summed E-state index contributed by atoms with van der Waals surface area (Å²) >= 11 is 0. The molecule has 3 aliphatic heterocycles. The molecule has 0 N–H and O–H groups in total. The van der Waals surface area contributed by atoms with Gasteiger partial charge in [0, 0.05) is 45.2 Å². The van der Waals surface area contributed by atoms with Gasteiger partial charge in [0.1, 0.15) is 0 Å². The molecule has 3 aliphatic rings. The maximum Gasteiger partial charge on any atom is 0.226 e. The zero-order chi connectivity index (χ0) is 16.5. The van der Waals surface area contributed by atoms with Crippen LogP contribution in [-0.2, 0) is 34.0 Å². The number of amides is 2. The molecule has 0 atom stereocenters. The Hall–Kier alpha value is -1.96. The van der Waals surface area contributed by atoms with Crippen molar-refractivity contribution in [2.24, 2.45) is 5.92 Å². The number of nitrogens with zero attached hydrogens (tertiary/aromatic N) is 5. The maximum absolute atomic E-state index is 12.7. The quantitative estimate of drug-likeness (QED) is 0.788. The molecule has 2 amide bonds. The molecule has 4 rings (SSSR count). The van der Waals surface area contributed by atoms with Gasteiger partial charge in [-0.3, -0.25) is 9.59 Å². The molecule has 2 saturated heterocycles. The molecule has 24 heavy (non-hydrogen) atoms. The summed E-state index contributed by atoms with van der Waals surface area (Å²) in [6, 6.07) is 0. The molecule has 0 radical (unpaired) electrons. The number of ether oxygens (including phenoxy) is 1. The van der Waals surface area contributed by atoms with Gasteiger partial charge in [-0.1, -0.05) is 0 Å². The molecule has 0 unspecified atom stereocenters. The molecule has 0 bridgehead atoms. The number of hydrogen-bond donors (Lipinski definition) is 0. The van der Waals surface area contributed by atoms with E-state index >= 15 is 0 Å². The average Bonchev–Trinajstić information content (AvgIpc) is 3.21. The van der Waals surface area contributed by atoms with Crippen LogP contribution in [0.15, 0.2) is 0 Å². The highest BCUT2D eigenvalue weighted by Gasteiger charge is 2.31. The lowest BCUT2D eigenvalue weighted by molar-refractivity contribution is -0.140. The van der Waals surface area contributed by atoms with E-state index in [4.69, 9.17) is 4.74 Å². The van der Waals surface area contributed by atoms with Crippen molar-refractivity contribution >= 4 is 11.8 Å². The van der Waals surface area contributed by atoms with Gasteiger partial charge in [0.2, 0.25) is 11.8 Å². The van der Waals surface area contributed by atoms with Gasteiger partial charge in [-0.05, 0) is 19.3 Å². The Morgan fingerprint density at radius 2 is 2.00 bits per heavy atom. The van der Waals surface area contributed by atoms with E-state index in [9.17, 15) is 9.59 Å². The molecule has 1 aromatic rings. The normalized spacial score (nSPS) is 22.1. The fraction of sp³-hybridized carbons (Fsp3) is 0.750. The molecule has 0 spiro atoms. The third kappa shape index (κ3) is 2.90. The molecular formula is C16H23N5O3. The van der Waals surface area contributed by atoms with Gasteiger partial charge in [0.15, 0.2) is 11.6 Å². The lowest BCUT2D eigenvalue weighted by Gasteiger charge is -2.32. The molecule has 2 fully saturated rings. The maximum atomic E-state index is 12.7. The average molecular weight is 333 g/mol. The largest absolute Gasteiger partial charge is 0.381 e. The van der Waals surface area contributed by atoms with Crippen molar-refractivity contribution in [2.45, 2.75) is 45.3 Å². The SMILES string of the molecule is O=C1CCCN1Cc1nnc2n1CCN(C(=O)C1CCOCC1)C2. The minimum Gasteiger partial charge on any atom is -0.381 e. The zero-order valence-electron chi connectivity index (χ0n) is 13.8. The van der Waals surface area contributed by atoms with Gasteiger partial charge < -0.3 is 19.1 Å². The Labute approximate surface area is 140 Å².